The van der Waals surface area contributed by atoms with Crippen LogP contribution in [0.2, 0.25) is 0 Å². The molecular formula is C39H56N4O5. The van der Waals surface area contributed by atoms with Gasteiger partial charge in [0.25, 0.3) is 5.91 Å². The van der Waals surface area contributed by atoms with Crippen molar-refractivity contribution >= 4 is 40.4 Å². The summed E-state index contributed by atoms with van der Waals surface area (Å²) in [6.45, 7) is 10.6. The van der Waals surface area contributed by atoms with Crippen LogP contribution in [-0.4, -0.2) is 67.9 Å². The molecule has 48 heavy (non-hydrogen) atoms. The molecule has 9 nitrogen and oxygen atoms in total. The van der Waals surface area contributed by atoms with Crippen LogP contribution in [0.25, 0.3) is 0 Å². The summed E-state index contributed by atoms with van der Waals surface area (Å²) < 4.78 is 5.78. The smallest absolute Gasteiger partial charge is 0.255 e. The Labute approximate surface area is 287 Å². The van der Waals surface area contributed by atoms with E-state index >= 15 is 0 Å². The molecule has 2 amide bonds. The first-order valence-corrected chi connectivity index (χ1v) is 17.9. The number of anilines is 2. The summed E-state index contributed by atoms with van der Waals surface area (Å²) in [7, 11) is 0. The molecule has 0 saturated carbocycles. The third kappa shape index (κ3) is 12.0. The normalized spacial score (nSPS) is 13.3. The molecule has 0 unspecified atom stereocenters. The number of aliphatic imine (C=N–C) groups is 1. The number of Topliss-reactive ketones (excluding diaryl/α,β-unsaturated/α-hetero) is 1. The summed E-state index contributed by atoms with van der Waals surface area (Å²) in [5.41, 5.74) is 4.19. The number of nitrogens with zero attached hydrogens (tertiary/aromatic N) is 2. The van der Waals surface area contributed by atoms with Crippen LogP contribution in [0.4, 0.5) is 17.1 Å². The van der Waals surface area contributed by atoms with Crippen molar-refractivity contribution in [3.05, 3.63) is 64.7 Å². The second-order valence-electron chi connectivity index (χ2n) is 12.5. The van der Waals surface area contributed by atoms with Crippen molar-refractivity contribution in [1.82, 2.24) is 5.32 Å². The molecule has 0 atom stereocenters. The summed E-state index contributed by atoms with van der Waals surface area (Å²) in [4.78, 5) is 45.9. The Morgan fingerprint density at radius 1 is 0.917 bits per heavy atom. The number of unbranched alkanes of at least 4 members (excludes halogenated alkanes) is 9. The third-order valence-electron chi connectivity index (χ3n) is 8.58. The standard InChI is InChI=1S/C39H56N4O5/c1-5-7-8-9-10-11-12-13-14-15-25-48-26-17-22-40-39(47)33-28-36(37-32(38(33)46)18-16-19-35(37)41-30(4)45)42-34-21-20-31(27-29(34)3)43(6-2)23-24-44/h16,18-21,27-28,44H,5-15,17,22-26H2,1-4H3,(H,40,47)(H,41,45). The molecule has 0 radical (unpaired) electrons. The topological polar surface area (TPSA) is 120 Å². The van der Waals surface area contributed by atoms with Gasteiger partial charge in [-0.05, 0) is 62.6 Å². The van der Waals surface area contributed by atoms with Crippen molar-refractivity contribution in [2.75, 3.05) is 49.7 Å². The van der Waals surface area contributed by atoms with E-state index in [1.54, 1.807) is 18.2 Å². The fourth-order valence-electron chi connectivity index (χ4n) is 5.93. The number of fused-ring (bicyclic) bond motifs is 1. The second-order valence-corrected chi connectivity index (χ2v) is 12.5. The van der Waals surface area contributed by atoms with Crippen LogP contribution in [-0.2, 0) is 14.3 Å². The molecule has 3 rings (SSSR count). The monoisotopic (exact) mass is 660 g/mol. The molecule has 262 valence electrons. The highest BCUT2D eigenvalue weighted by Gasteiger charge is 2.30. The Bertz CT molecular complexity index is 1420. The highest BCUT2D eigenvalue weighted by atomic mass is 16.5. The van der Waals surface area contributed by atoms with Gasteiger partial charge in [0.2, 0.25) is 5.91 Å². The van der Waals surface area contributed by atoms with Gasteiger partial charge in [0.1, 0.15) is 0 Å². The number of aliphatic hydroxyl groups is 1. The number of benzene rings is 2. The summed E-state index contributed by atoms with van der Waals surface area (Å²) in [5.74, 6) is -1.16. The maximum atomic E-state index is 13.6. The number of carbonyl (C=O) groups excluding carboxylic acids is 3. The van der Waals surface area contributed by atoms with Crippen molar-refractivity contribution in [2.45, 2.75) is 98.3 Å². The molecule has 2 aromatic rings. The molecule has 0 fully saturated rings. The highest BCUT2D eigenvalue weighted by molar-refractivity contribution is 6.37. The van der Waals surface area contributed by atoms with E-state index in [1.807, 2.05) is 32.0 Å². The first kappa shape index (κ1) is 38.6. The van der Waals surface area contributed by atoms with Crippen LogP contribution in [0.15, 0.2) is 53.0 Å². The molecule has 0 spiro atoms. The van der Waals surface area contributed by atoms with Crippen molar-refractivity contribution in [3.63, 3.8) is 0 Å². The SMILES string of the molecule is CCCCCCCCCCCCOCCCNC(=O)C1=CC(=Nc2ccc(N(CC)CCO)cc2C)c2c(NC(C)=O)cccc2C1=O. The van der Waals surface area contributed by atoms with Gasteiger partial charge in [-0.3, -0.25) is 14.4 Å². The zero-order valence-electron chi connectivity index (χ0n) is 29.5. The van der Waals surface area contributed by atoms with E-state index < -0.39 is 11.7 Å². The number of ketones is 1. The van der Waals surface area contributed by atoms with Crippen molar-refractivity contribution in [1.29, 1.82) is 0 Å². The number of nitrogens with one attached hydrogen (secondary N) is 2. The molecule has 0 bridgehead atoms. The minimum Gasteiger partial charge on any atom is -0.395 e. The summed E-state index contributed by atoms with van der Waals surface area (Å²) in [6.07, 6.45) is 15.0. The predicted molar refractivity (Wildman–Crippen MR) is 196 cm³/mol. The number of hydrogen-bond acceptors (Lipinski definition) is 7. The van der Waals surface area contributed by atoms with Crippen molar-refractivity contribution in [2.24, 2.45) is 4.99 Å². The van der Waals surface area contributed by atoms with Crippen LogP contribution in [0.3, 0.4) is 0 Å². The number of carbonyl (C=O) groups is 3. The van der Waals surface area contributed by atoms with E-state index in [0.717, 1.165) is 30.8 Å². The number of aliphatic hydroxyl groups excluding tert-OH is 1. The summed E-state index contributed by atoms with van der Waals surface area (Å²) >= 11 is 0. The first-order chi connectivity index (χ1) is 23.3. The molecule has 0 aliphatic heterocycles. The van der Waals surface area contributed by atoms with Crippen LogP contribution >= 0.6 is 0 Å². The Balaban J connectivity index is 1.62. The number of likely N-dealkylation sites (N-methyl/N-ethyl adjacent to an activating group) is 1. The van der Waals surface area contributed by atoms with Gasteiger partial charge in [-0.15, -0.1) is 0 Å². The maximum absolute atomic E-state index is 13.6. The zero-order valence-corrected chi connectivity index (χ0v) is 29.5. The van der Waals surface area contributed by atoms with E-state index in [-0.39, 0.29) is 18.1 Å². The first-order valence-electron chi connectivity index (χ1n) is 17.9. The Hall–Kier alpha value is -3.82. The zero-order chi connectivity index (χ0) is 34.7. The number of rotatable bonds is 22. The molecule has 3 N–H and O–H groups in total. The van der Waals surface area contributed by atoms with E-state index in [1.165, 1.54) is 70.8 Å². The van der Waals surface area contributed by atoms with Crippen LogP contribution in [0.1, 0.15) is 113 Å². The van der Waals surface area contributed by atoms with Gasteiger partial charge >= 0.3 is 0 Å². The highest BCUT2D eigenvalue weighted by Crippen LogP contribution is 2.32. The average Bonchev–Trinajstić information content (AvgIpc) is 3.07. The van der Waals surface area contributed by atoms with Gasteiger partial charge in [0.05, 0.1) is 29.3 Å². The molecule has 0 heterocycles. The number of aryl methyl sites for hydroxylation is 1. The Kier molecular flexibility index (Phi) is 17.1. The Morgan fingerprint density at radius 3 is 2.25 bits per heavy atom. The van der Waals surface area contributed by atoms with Gasteiger partial charge in [0, 0.05) is 56.6 Å². The molecule has 0 saturated heterocycles. The van der Waals surface area contributed by atoms with Crippen LogP contribution in [0.5, 0.6) is 0 Å². The van der Waals surface area contributed by atoms with Gasteiger partial charge in [-0.1, -0.05) is 76.8 Å². The fourth-order valence-corrected chi connectivity index (χ4v) is 5.93. The molecule has 0 aromatic heterocycles. The van der Waals surface area contributed by atoms with Crippen LogP contribution in [0, 0.1) is 6.92 Å². The molecular weight excluding hydrogens is 604 g/mol. The lowest BCUT2D eigenvalue weighted by Gasteiger charge is -2.23. The van der Waals surface area contributed by atoms with E-state index in [2.05, 4.69) is 22.5 Å². The minimum atomic E-state index is -0.465. The number of amides is 2. The molecule has 9 heteroatoms. The van der Waals surface area contributed by atoms with E-state index in [0.29, 0.717) is 54.3 Å². The lowest BCUT2D eigenvalue weighted by Crippen LogP contribution is -2.33. The predicted octanol–water partition coefficient (Wildman–Crippen LogP) is 7.46. The molecule has 1 aliphatic rings. The lowest BCUT2D eigenvalue weighted by molar-refractivity contribution is -0.117. The largest absolute Gasteiger partial charge is 0.395 e. The molecule has 1 aliphatic carbocycles. The Morgan fingerprint density at radius 2 is 1.60 bits per heavy atom. The summed E-state index contributed by atoms with van der Waals surface area (Å²) in [6, 6.07) is 10.9. The van der Waals surface area contributed by atoms with Crippen LogP contribution < -0.4 is 15.5 Å². The number of allylic oxidation sites excluding steroid dienone is 1. The van der Waals surface area contributed by atoms with Gasteiger partial charge in [0.15, 0.2) is 5.78 Å². The van der Waals surface area contributed by atoms with Crippen molar-refractivity contribution in [3.8, 4) is 0 Å². The fraction of sp³-hybridized carbons (Fsp3) is 0.538. The lowest BCUT2D eigenvalue weighted by atomic mass is 9.87. The summed E-state index contributed by atoms with van der Waals surface area (Å²) in [5, 5.41) is 15.1. The molecule has 2 aromatic carbocycles. The maximum Gasteiger partial charge on any atom is 0.255 e. The van der Waals surface area contributed by atoms with Gasteiger partial charge in [-0.2, -0.15) is 0 Å². The number of ether oxygens (including phenoxy) is 1. The number of hydrogen-bond donors (Lipinski definition) is 3. The van der Waals surface area contributed by atoms with Crippen molar-refractivity contribution < 1.29 is 24.2 Å². The third-order valence-corrected chi connectivity index (χ3v) is 8.58. The second kappa shape index (κ2) is 21.2. The van der Waals surface area contributed by atoms with E-state index in [9.17, 15) is 19.5 Å². The quantitative estimate of drug-likeness (QED) is 0.0891. The average molecular weight is 661 g/mol. The minimum absolute atomic E-state index is 0.00174. The van der Waals surface area contributed by atoms with Gasteiger partial charge < -0.3 is 25.4 Å². The van der Waals surface area contributed by atoms with E-state index in [4.69, 9.17) is 9.73 Å². The van der Waals surface area contributed by atoms with Gasteiger partial charge in [-0.25, -0.2) is 4.99 Å².